The molecule has 1 aliphatic rings. The Morgan fingerprint density at radius 3 is 2.06 bits per heavy atom. The van der Waals surface area contributed by atoms with E-state index >= 15 is 0 Å². The third-order valence-corrected chi connectivity index (χ3v) is 10.3. The van der Waals surface area contributed by atoms with Gasteiger partial charge in [0, 0.05) is 43.8 Å². The van der Waals surface area contributed by atoms with Crippen LogP contribution in [0, 0.1) is 0 Å². The van der Waals surface area contributed by atoms with Gasteiger partial charge < -0.3 is 14.2 Å². The van der Waals surface area contributed by atoms with Crippen molar-refractivity contribution >= 4 is 77.1 Å². The Morgan fingerprint density at radius 1 is 0.462 bits per heavy atom. The molecule has 0 saturated carbocycles. The third kappa shape index (κ3) is 4.56. The van der Waals surface area contributed by atoms with Crippen LogP contribution < -0.4 is 5.32 Å². The molecule has 0 fully saturated rings. The van der Waals surface area contributed by atoms with Gasteiger partial charge in [-0.05, 0) is 63.5 Å². The fourth-order valence-corrected chi connectivity index (χ4v) is 7.78. The van der Waals surface area contributed by atoms with Crippen molar-refractivity contribution in [3.8, 4) is 11.1 Å². The standard InChI is InChI=1S/C47H29N3O2/c1-2-12-29(13-3-1)45-48-46(33-22-21-28-11-4-5-14-30(28)23-33)50-47(49-45)39-25-34(27-42-43(39)37-17-8-9-20-40(37)51-42)35-18-10-19-36-38-24-31-15-6-7-16-32(31)26-41(38)52-44(35)36/h1-27,47H,(H,48,49,50). The normalized spacial score (nSPS) is 14.7. The molecule has 0 amide bonds. The molecular weight excluding hydrogens is 639 g/mol. The first-order valence-electron chi connectivity index (χ1n) is 17.5. The molecule has 5 heteroatoms. The molecule has 3 heterocycles. The number of rotatable bonds is 4. The Labute approximate surface area is 298 Å². The van der Waals surface area contributed by atoms with Crippen molar-refractivity contribution in [2.45, 2.75) is 6.17 Å². The molecular formula is C47H29N3O2. The van der Waals surface area contributed by atoms with Gasteiger partial charge >= 0.3 is 0 Å². The fraction of sp³-hybridized carbons (Fsp3) is 0.0213. The summed E-state index contributed by atoms with van der Waals surface area (Å²) in [6, 6.07) is 56.8. The highest BCUT2D eigenvalue weighted by molar-refractivity contribution is 6.16. The number of furan rings is 2. The van der Waals surface area contributed by atoms with Gasteiger partial charge in [-0.3, -0.25) is 0 Å². The number of nitrogens with one attached hydrogen (secondary N) is 1. The molecule has 0 saturated heterocycles. The minimum absolute atomic E-state index is 0.460. The minimum atomic E-state index is -0.460. The maximum Gasteiger partial charge on any atom is 0.159 e. The molecule has 1 unspecified atom stereocenters. The molecule has 1 aliphatic heterocycles. The molecule has 5 nitrogen and oxygen atoms in total. The molecule has 52 heavy (non-hydrogen) atoms. The molecule has 244 valence electrons. The molecule has 0 radical (unpaired) electrons. The number of fused-ring (bicyclic) bond motifs is 8. The van der Waals surface area contributed by atoms with E-state index in [1.54, 1.807) is 0 Å². The van der Waals surface area contributed by atoms with E-state index in [0.29, 0.717) is 5.84 Å². The van der Waals surface area contributed by atoms with Crippen molar-refractivity contribution in [2.75, 3.05) is 0 Å². The molecule has 0 aliphatic carbocycles. The molecule has 8 aromatic carbocycles. The summed E-state index contributed by atoms with van der Waals surface area (Å²) >= 11 is 0. The predicted molar refractivity (Wildman–Crippen MR) is 213 cm³/mol. The molecule has 11 rings (SSSR count). The van der Waals surface area contributed by atoms with E-state index in [4.69, 9.17) is 18.8 Å². The average Bonchev–Trinajstić information content (AvgIpc) is 3.77. The lowest BCUT2D eigenvalue weighted by atomic mass is 9.95. The number of aliphatic imine (C=N–C) groups is 2. The van der Waals surface area contributed by atoms with Gasteiger partial charge in [0.15, 0.2) is 5.84 Å². The highest BCUT2D eigenvalue weighted by atomic mass is 16.3. The van der Waals surface area contributed by atoms with E-state index in [2.05, 4.69) is 139 Å². The largest absolute Gasteiger partial charge is 0.456 e. The van der Waals surface area contributed by atoms with E-state index in [9.17, 15) is 0 Å². The van der Waals surface area contributed by atoms with Crippen LogP contribution in [0.3, 0.4) is 0 Å². The summed E-state index contributed by atoms with van der Waals surface area (Å²) in [5.74, 6) is 1.44. The second kappa shape index (κ2) is 11.3. The van der Waals surface area contributed by atoms with Crippen molar-refractivity contribution in [2.24, 2.45) is 9.98 Å². The number of amidine groups is 2. The van der Waals surface area contributed by atoms with Gasteiger partial charge in [0.25, 0.3) is 0 Å². The fourth-order valence-electron chi connectivity index (χ4n) is 7.78. The van der Waals surface area contributed by atoms with Crippen LogP contribution in [0.1, 0.15) is 22.9 Å². The number of para-hydroxylation sites is 2. The number of hydrogen-bond acceptors (Lipinski definition) is 5. The number of benzene rings is 8. The van der Waals surface area contributed by atoms with Crippen LogP contribution in [0.25, 0.3) is 76.5 Å². The van der Waals surface area contributed by atoms with Gasteiger partial charge in [-0.25, -0.2) is 9.98 Å². The van der Waals surface area contributed by atoms with Crippen LogP contribution in [0.2, 0.25) is 0 Å². The molecule has 2 aromatic heterocycles. The smallest absolute Gasteiger partial charge is 0.159 e. The van der Waals surface area contributed by atoms with Crippen molar-refractivity contribution in [1.82, 2.24) is 5.32 Å². The van der Waals surface area contributed by atoms with Crippen LogP contribution in [0.5, 0.6) is 0 Å². The molecule has 0 spiro atoms. The van der Waals surface area contributed by atoms with Crippen LogP contribution in [-0.2, 0) is 0 Å². The van der Waals surface area contributed by atoms with Crippen molar-refractivity contribution in [3.05, 3.63) is 180 Å². The van der Waals surface area contributed by atoms with Gasteiger partial charge in [-0.1, -0.05) is 127 Å². The van der Waals surface area contributed by atoms with Gasteiger partial charge in [-0.2, -0.15) is 0 Å². The van der Waals surface area contributed by atoms with Crippen LogP contribution in [0.4, 0.5) is 0 Å². The zero-order chi connectivity index (χ0) is 34.2. The maximum absolute atomic E-state index is 6.69. The summed E-state index contributed by atoms with van der Waals surface area (Å²) in [6.45, 7) is 0. The van der Waals surface area contributed by atoms with Gasteiger partial charge in [0.2, 0.25) is 0 Å². The average molecular weight is 668 g/mol. The van der Waals surface area contributed by atoms with Crippen LogP contribution in [0.15, 0.2) is 183 Å². The van der Waals surface area contributed by atoms with E-state index < -0.39 is 6.17 Å². The second-order valence-electron chi connectivity index (χ2n) is 13.4. The minimum Gasteiger partial charge on any atom is -0.456 e. The predicted octanol–water partition coefficient (Wildman–Crippen LogP) is 12.0. The van der Waals surface area contributed by atoms with E-state index in [1.807, 2.05) is 30.3 Å². The highest BCUT2D eigenvalue weighted by Gasteiger charge is 2.26. The maximum atomic E-state index is 6.69. The van der Waals surface area contributed by atoms with E-state index in [0.717, 1.165) is 88.3 Å². The number of nitrogens with zero attached hydrogens (tertiary/aromatic N) is 2. The zero-order valence-electron chi connectivity index (χ0n) is 27.9. The monoisotopic (exact) mass is 667 g/mol. The summed E-state index contributed by atoms with van der Waals surface area (Å²) < 4.78 is 13.3. The quantitative estimate of drug-likeness (QED) is 0.203. The third-order valence-electron chi connectivity index (χ3n) is 10.3. The molecule has 10 aromatic rings. The second-order valence-corrected chi connectivity index (χ2v) is 13.4. The highest BCUT2D eigenvalue weighted by Crippen LogP contribution is 2.42. The van der Waals surface area contributed by atoms with Gasteiger partial charge in [0.1, 0.15) is 34.3 Å². The van der Waals surface area contributed by atoms with E-state index in [-0.39, 0.29) is 0 Å². The topological polar surface area (TPSA) is 63.0 Å². The van der Waals surface area contributed by atoms with Gasteiger partial charge in [0.05, 0.1) is 0 Å². The van der Waals surface area contributed by atoms with Crippen LogP contribution in [-0.4, -0.2) is 11.7 Å². The van der Waals surface area contributed by atoms with Crippen LogP contribution >= 0.6 is 0 Å². The summed E-state index contributed by atoms with van der Waals surface area (Å²) in [6.07, 6.45) is -0.460. The Hall–Kier alpha value is -6.98. The van der Waals surface area contributed by atoms with Crippen molar-refractivity contribution in [1.29, 1.82) is 0 Å². The lowest BCUT2D eigenvalue weighted by Crippen LogP contribution is -2.33. The first-order chi connectivity index (χ1) is 25.7. The first-order valence-corrected chi connectivity index (χ1v) is 17.5. The van der Waals surface area contributed by atoms with Crippen molar-refractivity contribution < 1.29 is 8.83 Å². The summed E-state index contributed by atoms with van der Waals surface area (Å²) in [5.41, 5.74) is 8.27. The lowest BCUT2D eigenvalue weighted by Gasteiger charge is -2.25. The molecule has 1 N–H and O–H groups in total. The first kappa shape index (κ1) is 28.8. The summed E-state index contributed by atoms with van der Waals surface area (Å²) in [7, 11) is 0. The Kier molecular flexibility index (Phi) is 6.25. The molecule has 1 atom stereocenters. The summed E-state index contributed by atoms with van der Waals surface area (Å²) in [5, 5.41) is 12.6. The summed E-state index contributed by atoms with van der Waals surface area (Å²) in [4.78, 5) is 10.5. The Bertz CT molecular complexity index is 3110. The lowest BCUT2D eigenvalue weighted by molar-refractivity contribution is 0.662. The van der Waals surface area contributed by atoms with E-state index in [1.165, 1.54) is 10.8 Å². The molecule has 0 bridgehead atoms. The Balaban J connectivity index is 1.15. The zero-order valence-corrected chi connectivity index (χ0v) is 27.9. The number of hydrogen-bond donors (Lipinski definition) is 1. The Morgan fingerprint density at radius 2 is 1.19 bits per heavy atom. The SMILES string of the molecule is c1ccc(C2=NC(c3ccc4ccccc4c3)=NC(c3cc(-c4cccc5c4oc4cc6ccccc6cc45)cc4oc5ccccc5c34)N2)cc1. The van der Waals surface area contributed by atoms with Crippen molar-refractivity contribution in [3.63, 3.8) is 0 Å². The van der Waals surface area contributed by atoms with Gasteiger partial charge in [-0.15, -0.1) is 0 Å².